The van der Waals surface area contributed by atoms with E-state index >= 15 is 0 Å². The fraction of sp³-hybridized carbons (Fsp3) is 0.188. The number of aryl methyl sites for hydroxylation is 1. The summed E-state index contributed by atoms with van der Waals surface area (Å²) in [5.41, 5.74) is 1.76. The highest BCUT2D eigenvalue weighted by atomic mass is 32.1. The molecule has 31 heavy (non-hydrogen) atoms. The molecule has 0 saturated carbocycles. The van der Waals surface area contributed by atoms with Gasteiger partial charge < -0.3 is 14.9 Å². The van der Waals surface area contributed by atoms with Crippen LogP contribution in [0.2, 0.25) is 0 Å². The summed E-state index contributed by atoms with van der Waals surface area (Å²) in [6.45, 7) is 1.94. The summed E-state index contributed by atoms with van der Waals surface area (Å²) in [4.78, 5) is 35.7. The molecule has 0 aliphatic carbocycles. The van der Waals surface area contributed by atoms with E-state index in [1.807, 2.05) is 6.92 Å². The summed E-state index contributed by atoms with van der Waals surface area (Å²) in [7, 11) is 1.33. The highest BCUT2D eigenvalue weighted by Crippen LogP contribution is 2.32. The molecule has 5 heterocycles. The van der Waals surface area contributed by atoms with Crippen molar-refractivity contribution in [2.24, 2.45) is 0 Å². The Hall–Kier alpha value is -4.27. The third-order valence-electron chi connectivity index (χ3n) is 4.49. The Morgan fingerprint density at radius 1 is 1.23 bits per heavy atom. The number of fused-ring (bicyclic) bond motifs is 3. The third-order valence-corrected chi connectivity index (χ3v) is 5.67. The Morgan fingerprint density at radius 2 is 2.06 bits per heavy atom. The zero-order valence-electron chi connectivity index (χ0n) is 16.0. The van der Waals surface area contributed by atoms with Crippen LogP contribution in [0.25, 0.3) is 27.4 Å². The van der Waals surface area contributed by atoms with Gasteiger partial charge in [-0.3, -0.25) is 0 Å². The summed E-state index contributed by atoms with van der Waals surface area (Å²) in [5, 5.41) is 24.0. The van der Waals surface area contributed by atoms with E-state index in [9.17, 15) is 14.9 Å². The van der Waals surface area contributed by atoms with Crippen LogP contribution in [0.3, 0.4) is 0 Å². The average Bonchev–Trinajstić information content (AvgIpc) is 3.52. The van der Waals surface area contributed by atoms with Gasteiger partial charge in [-0.15, -0.1) is 16.4 Å². The van der Waals surface area contributed by atoms with Gasteiger partial charge in [-0.05, 0) is 23.5 Å². The van der Waals surface area contributed by atoms with Crippen LogP contribution < -0.4 is 0 Å². The van der Waals surface area contributed by atoms with E-state index in [0.29, 0.717) is 26.9 Å². The first kappa shape index (κ1) is 18.7. The van der Waals surface area contributed by atoms with Crippen molar-refractivity contribution >= 4 is 39.1 Å². The van der Waals surface area contributed by atoms with E-state index in [1.165, 1.54) is 45.0 Å². The minimum atomic E-state index is -0.668. The molecule has 5 rings (SSSR count). The number of rotatable bonds is 5. The molecule has 14 nitrogen and oxygen atoms in total. The molecule has 0 aromatic carbocycles. The van der Waals surface area contributed by atoms with E-state index in [-0.39, 0.29) is 6.67 Å². The SMILES string of the molecule is COC(=O)c1sc2ncn3nc(-c4ccn(Cn5cnc([N+](=O)[O-])n5)n4)nc3c2c1C. The van der Waals surface area contributed by atoms with Gasteiger partial charge in [0.05, 0.1) is 12.5 Å². The molecule has 0 fully saturated rings. The maximum absolute atomic E-state index is 12.0. The number of thiophene rings is 1. The largest absolute Gasteiger partial charge is 0.491 e. The zero-order valence-corrected chi connectivity index (χ0v) is 16.8. The predicted molar refractivity (Wildman–Crippen MR) is 106 cm³/mol. The third kappa shape index (κ3) is 3.07. The predicted octanol–water partition coefficient (Wildman–Crippen LogP) is 1.30. The minimum Gasteiger partial charge on any atom is -0.465 e. The fourth-order valence-corrected chi connectivity index (χ4v) is 4.14. The van der Waals surface area contributed by atoms with Gasteiger partial charge >= 0.3 is 11.9 Å². The van der Waals surface area contributed by atoms with Crippen LogP contribution in [-0.4, -0.2) is 62.1 Å². The van der Waals surface area contributed by atoms with Crippen molar-refractivity contribution in [2.75, 3.05) is 7.11 Å². The number of esters is 1. The zero-order chi connectivity index (χ0) is 21.7. The van der Waals surface area contributed by atoms with E-state index in [4.69, 9.17) is 4.74 Å². The first-order valence-electron chi connectivity index (χ1n) is 8.75. The van der Waals surface area contributed by atoms with E-state index in [0.717, 1.165) is 10.9 Å². The Morgan fingerprint density at radius 3 is 2.81 bits per heavy atom. The van der Waals surface area contributed by atoms with Gasteiger partial charge in [0, 0.05) is 11.3 Å². The lowest BCUT2D eigenvalue weighted by atomic mass is 10.2. The van der Waals surface area contributed by atoms with Gasteiger partial charge in [0.1, 0.15) is 21.7 Å². The van der Waals surface area contributed by atoms with Crippen molar-refractivity contribution < 1.29 is 14.5 Å². The Balaban J connectivity index is 1.50. The molecule has 0 saturated heterocycles. The Labute approximate surface area is 175 Å². The van der Waals surface area contributed by atoms with Crippen molar-refractivity contribution in [1.82, 2.24) is 44.1 Å². The molecule has 0 spiro atoms. The molecular weight excluding hydrogens is 428 g/mol. The highest BCUT2D eigenvalue weighted by molar-refractivity contribution is 7.20. The molecule has 0 N–H and O–H groups in total. The van der Waals surface area contributed by atoms with Gasteiger partial charge in [-0.2, -0.15) is 9.78 Å². The summed E-state index contributed by atoms with van der Waals surface area (Å²) in [6, 6.07) is 1.71. The lowest BCUT2D eigenvalue weighted by Gasteiger charge is -1.96. The molecule has 0 unspecified atom stereocenters. The molecule has 0 amide bonds. The molecule has 0 atom stereocenters. The monoisotopic (exact) mass is 440 g/mol. The first-order valence-corrected chi connectivity index (χ1v) is 9.56. The number of ether oxygens (including phenoxy) is 1. The standard InChI is InChI=1S/C16H12N10O4S/c1-8-10-13-19-12(21-25(13)6-17-14(10)31-11(8)15(27)30-2)9-3-4-23(20-9)7-24-5-18-16(22-24)26(28)29/h3-6H,7H2,1-2H3. The second-order valence-corrected chi connectivity index (χ2v) is 7.40. The molecule has 0 radical (unpaired) electrons. The van der Waals surface area contributed by atoms with Gasteiger partial charge in [-0.25, -0.2) is 24.0 Å². The average molecular weight is 440 g/mol. The molecule has 0 aliphatic rings. The van der Waals surface area contributed by atoms with Crippen LogP contribution in [0.15, 0.2) is 24.9 Å². The molecule has 5 aromatic heterocycles. The number of hydrogen-bond donors (Lipinski definition) is 0. The van der Waals surface area contributed by atoms with Crippen LogP contribution in [0.4, 0.5) is 5.95 Å². The molecule has 0 bridgehead atoms. The number of carbonyl (C=O) groups is 1. The minimum absolute atomic E-state index is 0.131. The number of carbonyl (C=O) groups excluding carboxylic acids is 1. The second kappa shape index (κ2) is 6.91. The normalized spacial score (nSPS) is 11.4. The van der Waals surface area contributed by atoms with Crippen LogP contribution >= 0.6 is 11.3 Å². The number of nitro groups is 1. The van der Waals surface area contributed by atoms with Crippen LogP contribution in [0, 0.1) is 17.0 Å². The summed E-state index contributed by atoms with van der Waals surface area (Å²) in [6.07, 6.45) is 4.45. The fourth-order valence-electron chi connectivity index (χ4n) is 3.07. The van der Waals surface area contributed by atoms with Crippen molar-refractivity contribution in [3.05, 3.63) is 45.5 Å². The molecule has 15 heteroatoms. The van der Waals surface area contributed by atoms with Crippen LogP contribution in [0.5, 0.6) is 0 Å². The summed E-state index contributed by atoms with van der Waals surface area (Å²) in [5.74, 6) is -0.545. The first-order chi connectivity index (χ1) is 14.9. The summed E-state index contributed by atoms with van der Waals surface area (Å²) >= 11 is 1.24. The topological polar surface area (TPSA) is 161 Å². The Bertz CT molecular complexity index is 1480. The number of aromatic nitrogens is 9. The maximum atomic E-state index is 12.0. The van der Waals surface area contributed by atoms with E-state index in [2.05, 4.69) is 30.2 Å². The van der Waals surface area contributed by atoms with Crippen LogP contribution in [0.1, 0.15) is 15.2 Å². The maximum Gasteiger partial charge on any atom is 0.491 e. The molecule has 5 aromatic rings. The number of nitrogens with zero attached hydrogens (tertiary/aromatic N) is 10. The van der Waals surface area contributed by atoms with Crippen molar-refractivity contribution in [1.29, 1.82) is 0 Å². The van der Waals surface area contributed by atoms with Gasteiger partial charge in [0.25, 0.3) is 0 Å². The molecule has 0 aliphatic heterocycles. The van der Waals surface area contributed by atoms with Crippen molar-refractivity contribution in [2.45, 2.75) is 13.6 Å². The van der Waals surface area contributed by atoms with E-state index in [1.54, 1.807) is 12.3 Å². The lowest BCUT2D eigenvalue weighted by molar-refractivity contribution is -0.394. The van der Waals surface area contributed by atoms with Gasteiger partial charge in [0.2, 0.25) is 12.2 Å². The van der Waals surface area contributed by atoms with Crippen molar-refractivity contribution in [3.63, 3.8) is 0 Å². The highest BCUT2D eigenvalue weighted by Gasteiger charge is 2.21. The number of hydrogen-bond acceptors (Lipinski definition) is 11. The molecular formula is C16H12N10O4S. The number of methoxy groups -OCH3 is 1. The Kier molecular flexibility index (Phi) is 4.18. The van der Waals surface area contributed by atoms with Gasteiger partial charge in [-0.1, -0.05) is 4.98 Å². The van der Waals surface area contributed by atoms with E-state index < -0.39 is 16.8 Å². The molecule has 156 valence electrons. The summed E-state index contributed by atoms with van der Waals surface area (Å²) < 4.78 is 9.19. The van der Waals surface area contributed by atoms with Gasteiger partial charge in [0.15, 0.2) is 12.3 Å². The van der Waals surface area contributed by atoms with Crippen LogP contribution in [-0.2, 0) is 11.4 Å². The quantitative estimate of drug-likeness (QED) is 0.221. The lowest BCUT2D eigenvalue weighted by Crippen LogP contribution is -2.09. The van der Waals surface area contributed by atoms with Crippen molar-refractivity contribution in [3.8, 4) is 11.5 Å². The smallest absolute Gasteiger partial charge is 0.465 e. The second-order valence-electron chi connectivity index (χ2n) is 6.40.